The van der Waals surface area contributed by atoms with E-state index in [1.54, 1.807) is 12.1 Å². The van der Waals surface area contributed by atoms with Crippen molar-refractivity contribution >= 4 is 11.9 Å². The number of hydrogen-bond acceptors (Lipinski definition) is 3. The molecule has 0 saturated heterocycles. The Balaban J connectivity index is 1.60. The fourth-order valence-electron chi connectivity index (χ4n) is 2.94. The van der Waals surface area contributed by atoms with Crippen molar-refractivity contribution in [2.24, 2.45) is 5.92 Å². The van der Waals surface area contributed by atoms with E-state index in [0.29, 0.717) is 17.5 Å². The van der Waals surface area contributed by atoms with Gasteiger partial charge in [-0.2, -0.15) is 0 Å². The van der Waals surface area contributed by atoms with Crippen molar-refractivity contribution in [1.82, 2.24) is 5.32 Å². The summed E-state index contributed by atoms with van der Waals surface area (Å²) < 4.78 is 31.3. The highest BCUT2D eigenvalue weighted by molar-refractivity contribution is 5.91. The summed E-state index contributed by atoms with van der Waals surface area (Å²) >= 11 is 0. The molecule has 0 heterocycles. The minimum atomic E-state index is -1.09. The van der Waals surface area contributed by atoms with Gasteiger partial charge in [-0.3, -0.25) is 4.79 Å². The molecule has 0 aromatic heterocycles. The van der Waals surface area contributed by atoms with Gasteiger partial charge in [0, 0.05) is 12.5 Å². The summed E-state index contributed by atoms with van der Waals surface area (Å²) in [7, 11) is 1.38. The van der Waals surface area contributed by atoms with Crippen molar-refractivity contribution in [3.63, 3.8) is 0 Å². The summed E-state index contributed by atoms with van der Waals surface area (Å²) in [6.07, 6.45) is 0.582. The lowest BCUT2D eigenvalue weighted by Gasteiger charge is -2.09. The molecule has 2 aromatic rings. The minimum Gasteiger partial charge on any atom is -0.496 e. The standard InChI is InChI=1S/C19H17F2NO4/c1-26-17-6-10(2-4-12(17)19(24)25)9-22-18(23)14-8-13(14)11-3-5-15(20)16(21)7-11/h2-7,13-14H,8-9H2,1H3,(H,22,23)(H,24,25)/t13-,14-/m0/s1. The number of carbonyl (C=O) groups is 2. The summed E-state index contributed by atoms with van der Waals surface area (Å²) in [4.78, 5) is 23.3. The van der Waals surface area contributed by atoms with Gasteiger partial charge in [0.05, 0.1) is 7.11 Å². The van der Waals surface area contributed by atoms with Crippen LogP contribution in [0.1, 0.15) is 33.8 Å². The SMILES string of the molecule is COc1cc(CNC(=O)[C@H]2C[C@H]2c2ccc(F)c(F)c2)ccc1C(=O)O. The Hall–Kier alpha value is -2.96. The van der Waals surface area contributed by atoms with Crippen LogP contribution < -0.4 is 10.1 Å². The van der Waals surface area contributed by atoms with Crippen molar-refractivity contribution in [2.45, 2.75) is 18.9 Å². The molecule has 2 N–H and O–H groups in total. The molecule has 1 amide bonds. The molecule has 26 heavy (non-hydrogen) atoms. The molecule has 1 aliphatic carbocycles. The Morgan fingerprint density at radius 3 is 2.62 bits per heavy atom. The second kappa shape index (κ2) is 7.11. The molecule has 2 aromatic carbocycles. The first kappa shape index (κ1) is 17.8. The van der Waals surface area contributed by atoms with Gasteiger partial charge in [0.25, 0.3) is 0 Å². The van der Waals surface area contributed by atoms with Gasteiger partial charge >= 0.3 is 5.97 Å². The maximum atomic E-state index is 13.3. The van der Waals surface area contributed by atoms with Gasteiger partial charge in [-0.1, -0.05) is 12.1 Å². The summed E-state index contributed by atoms with van der Waals surface area (Å²) in [5.41, 5.74) is 1.35. The van der Waals surface area contributed by atoms with Gasteiger partial charge < -0.3 is 15.2 Å². The number of carbonyl (C=O) groups excluding carboxylic acids is 1. The largest absolute Gasteiger partial charge is 0.496 e. The highest BCUT2D eigenvalue weighted by Crippen LogP contribution is 2.47. The molecule has 5 nitrogen and oxygen atoms in total. The fourth-order valence-corrected chi connectivity index (χ4v) is 2.94. The highest BCUT2D eigenvalue weighted by Gasteiger charge is 2.44. The Morgan fingerprint density at radius 1 is 1.19 bits per heavy atom. The molecular formula is C19H17F2NO4. The van der Waals surface area contributed by atoms with Crippen LogP contribution in [0.15, 0.2) is 36.4 Å². The topological polar surface area (TPSA) is 75.6 Å². The Bertz CT molecular complexity index is 869. The molecular weight excluding hydrogens is 344 g/mol. The van der Waals surface area contributed by atoms with Crippen LogP contribution in [-0.4, -0.2) is 24.1 Å². The summed E-state index contributed by atoms with van der Waals surface area (Å²) in [5.74, 6) is -3.27. The number of carboxylic acid groups (broad SMARTS) is 1. The maximum absolute atomic E-state index is 13.3. The van der Waals surface area contributed by atoms with Gasteiger partial charge in [-0.15, -0.1) is 0 Å². The van der Waals surface area contributed by atoms with Crippen molar-refractivity contribution in [3.8, 4) is 5.75 Å². The van der Waals surface area contributed by atoms with Gasteiger partial charge in [0.1, 0.15) is 11.3 Å². The molecule has 0 aliphatic heterocycles. The van der Waals surface area contributed by atoms with Crippen LogP contribution in [0.3, 0.4) is 0 Å². The number of methoxy groups -OCH3 is 1. The predicted octanol–water partition coefficient (Wildman–Crippen LogP) is 3.09. The molecule has 7 heteroatoms. The van der Waals surface area contributed by atoms with Crippen LogP contribution in [0, 0.1) is 17.6 Å². The minimum absolute atomic E-state index is 0.0446. The third-order valence-electron chi connectivity index (χ3n) is 4.46. The molecule has 0 bridgehead atoms. The monoisotopic (exact) mass is 361 g/mol. The van der Waals surface area contributed by atoms with Crippen molar-refractivity contribution < 1.29 is 28.2 Å². The van der Waals surface area contributed by atoms with Crippen molar-refractivity contribution in [2.75, 3.05) is 7.11 Å². The van der Waals surface area contributed by atoms with E-state index < -0.39 is 17.6 Å². The van der Waals surface area contributed by atoms with E-state index in [4.69, 9.17) is 9.84 Å². The number of rotatable bonds is 6. The summed E-state index contributed by atoms with van der Waals surface area (Å²) in [5, 5.41) is 11.8. The molecule has 1 saturated carbocycles. The molecule has 1 fully saturated rings. The van der Waals surface area contributed by atoms with E-state index in [2.05, 4.69) is 5.32 Å². The molecule has 1 aliphatic rings. The molecule has 0 spiro atoms. The first-order valence-corrected chi connectivity index (χ1v) is 8.03. The van der Waals surface area contributed by atoms with E-state index in [9.17, 15) is 18.4 Å². The lowest BCUT2D eigenvalue weighted by molar-refractivity contribution is -0.122. The lowest BCUT2D eigenvalue weighted by atomic mass is 10.1. The zero-order chi connectivity index (χ0) is 18.8. The number of ether oxygens (including phenoxy) is 1. The average molecular weight is 361 g/mol. The summed E-state index contributed by atoms with van der Waals surface area (Å²) in [6, 6.07) is 8.27. The van der Waals surface area contributed by atoms with Crippen LogP contribution in [0.5, 0.6) is 5.75 Å². The van der Waals surface area contributed by atoms with Gasteiger partial charge in [-0.25, -0.2) is 13.6 Å². The summed E-state index contributed by atoms with van der Waals surface area (Å²) in [6.45, 7) is 0.218. The normalized spacial score (nSPS) is 18.3. The Kier molecular flexibility index (Phi) is 4.88. The second-order valence-corrected chi connectivity index (χ2v) is 6.18. The second-order valence-electron chi connectivity index (χ2n) is 6.18. The first-order chi connectivity index (χ1) is 12.4. The van der Waals surface area contributed by atoms with Gasteiger partial charge in [-0.05, 0) is 47.7 Å². The van der Waals surface area contributed by atoms with Gasteiger partial charge in [0.15, 0.2) is 11.6 Å². The van der Waals surface area contributed by atoms with Gasteiger partial charge in [0.2, 0.25) is 5.91 Å². The smallest absolute Gasteiger partial charge is 0.339 e. The number of carboxylic acids is 1. The van der Waals surface area contributed by atoms with Crippen LogP contribution in [0.4, 0.5) is 8.78 Å². The number of nitrogens with one attached hydrogen (secondary N) is 1. The van der Waals surface area contributed by atoms with E-state index in [-0.39, 0.29) is 35.6 Å². The Morgan fingerprint density at radius 2 is 1.96 bits per heavy atom. The number of aromatic carboxylic acids is 1. The van der Waals surface area contributed by atoms with E-state index in [1.807, 2.05) is 0 Å². The highest BCUT2D eigenvalue weighted by atomic mass is 19.2. The molecule has 2 atom stereocenters. The van der Waals surface area contributed by atoms with Crippen molar-refractivity contribution in [1.29, 1.82) is 0 Å². The van der Waals surface area contributed by atoms with Crippen LogP contribution in [0.2, 0.25) is 0 Å². The number of hydrogen-bond donors (Lipinski definition) is 2. The molecule has 136 valence electrons. The third kappa shape index (κ3) is 3.66. The fraction of sp³-hybridized carbons (Fsp3) is 0.263. The third-order valence-corrected chi connectivity index (χ3v) is 4.46. The van der Waals surface area contributed by atoms with Crippen LogP contribution in [0.25, 0.3) is 0 Å². The molecule has 0 radical (unpaired) electrons. The average Bonchev–Trinajstić information content (AvgIpc) is 3.42. The van der Waals surface area contributed by atoms with E-state index in [0.717, 1.165) is 12.1 Å². The van der Waals surface area contributed by atoms with E-state index >= 15 is 0 Å². The maximum Gasteiger partial charge on any atom is 0.339 e. The molecule has 3 rings (SSSR count). The lowest BCUT2D eigenvalue weighted by Crippen LogP contribution is -2.25. The van der Waals surface area contributed by atoms with Crippen molar-refractivity contribution in [3.05, 3.63) is 64.7 Å². The molecule has 0 unspecified atom stereocenters. The van der Waals surface area contributed by atoms with Crippen LogP contribution >= 0.6 is 0 Å². The first-order valence-electron chi connectivity index (χ1n) is 8.03. The zero-order valence-electron chi connectivity index (χ0n) is 14.0. The number of amides is 1. The number of halogens is 2. The number of benzene rings is 2. The quantitative estimate of drug-likeness (QED) is 0.829. The predicted molar refractivity (Wildman–Crippen MR) is 89.0 cm³/mol. The Labute approximate surface area is 148 Å². The van der Waals surface area contributed by atoms with E-state index in [1.165, 1.54) is 19.2 Å². The zero-order valence-corrected chi connectivity index (χ0v) is 14.0. The van der Waals surface area contributed by atoms with Crippen LogP contribution in [-0.2, 0) is 11.3 Å².